The van der Waals surface area contributed by atoms with Crippen LogP contribution in [0.1, 0.15) is 5.56 Å². The first-order valence-electron chi connectivity index (χ1n) is 5.02. The fourth-order valence-electron chi connectivity index (χ4n) is 1.66. The lowest BCUT2D eigenvalue weighted by molar-refractivity contribution is -0.118. The Morgan fingerprint density at radius 3 is 2.67 bits per heavy atom. The van der Waals surface area contributed by atoms with Crippen molar-refractivity contribution in [3.8, 4) is 0 Å². The summed E-state index contributed by atoms with van der Waals surface area (Å²) in [7, 11) is 0. The maximum Gasteiger partial charge on any atom is 0.240 e. The number of hydrogen-bond acceptors (Lipinski definition) is 3. The van der Waals surface area contributed by atoms with Crippen LogP contribution in [0.5, 0.6) is 0 Å². The highest BCUT2D eigenvalue weighted by molar-refractivity contribution is 5.95. The van der Waals surface area contributed by atoms with Crippen molar-refractivity contribution in [2.75, 3.05) is 24.5 Å². The summed E-state index contributed by atoms with van der Waals surface area (Å²) in [6, 6.07) is 7.42. The van der Waals surface area contributed by atoms with E-state index in [1.54, 1.807) is 4.90 Å². The zero-order valence-electron chi connectivity index (χ0n) is 8.44. The van der Waals surface area contributed by atoms with Crippen molar-refractivity contribution in [1.82, 2.24) is 5.32 Å². The van der Waals surface area contributed by atoms with Crippen molar-refractivity contribution in [3.63, 3.8) is 0 Å². The third kappa shape index (κ3) is 2.16. The number of aliphatic hydroxyl groups is 1. The number of nitrogens with zero attached hydrogens (tertiary/aromatic N) is 1. The SMILES string of the molecule is O=C1CNCCN1c1ccc(CO)cc1. The van der Waals surface area contributed by atoms with Crippen LogP contribution < -0.4 is 10.2 Å². The molecule has 0 radical (unpaired) electrons. The average molecular weight is 206 g/mol. The molecule has 0 aromatic heterocycles. The number of nitrogens with one attached hydrogen (secondary N) is 1. The van der Waals surface area contributed by atoms with Gasteiger partial charge in [-0.2, -0.15) is 0 Å². The Morgan fingerprint density at radius 1 is 1.33 bits per heavy atom. The summed E-state index contributed by atoms with van der Waals surface area (Å²) in [5, 5.41) is 11.9. The van der Waals surface area contributed by atoms with Gasteiger partial charge in [-0.1, -0.05) is 12.1 Å². The predicted octanol–water partition coefficient (Wildman–Crippen LogP) is 0.115. The lowest BCUT2D eigenvalue weighted by atomic mass is 10.2. The third-order valence-corrected chi connectivity index (χ3v) is 2.52. The van der Waals surface area contributed by atoms with E-state index in [1.807, 2.05) is 24.3 Å². The Labute approximate surface area is 88.5 Å². The molecule has 0 aliphatic carbocycles. The standard InChI is InChI=1S/C11H14N2O2/c14-8-9-1-3-10(4-2-9)13-6-5-12-7-11(13)15/h1-4,12,14H,5-8H2. The Morgan fingerprint density at radius 2 is 2.07 bits per heavy atom. The van der Waals surface area contributed by atoms with Gasteiger partial charge in [-0.25, -0.2) is 0 Å². The van der Waals surface area contributed by atoms with Crippen LogP contribution in [-0.4, -0.2) is 30.6 Å². The molecule has 0 bridgehead atoms. The Bertz CT molecular complexity index is 348. The van der Waals surface area contributed by atoms with Gasteiger partial charge in [0.15, 0.2) is 0 Å². The smallest absolute Gasteiger partial charge is 0.240 e. The van der Waals surface area contributed by atoms with E-state index in [4.69, 9.17) is 5.11 Å². The normalized spacial score (nSPS) is 16.9. The Balaban J connectivity index is 2.17. The first kappa shape index (κ1) is 10.1. The molecule has 2 rings (SSSR count). The van der Waals surface area contributed by atoms with Crippen LogP contribution in [0, 0.1) is 0 Å². The second kappa shape index (κ2) is 4.42. The van der Waals surface area contributed by atoms with Crippen molar-refractivity contribution in [1.29, 1.82) is 0 Å². The second-order valence-corrected chi connectivity index (χ2v) is 3.55. The van der Waals surface area contributed by atoms with Gasteiger partial charge in [-0.05, 0) is 17.7 Å². The molecular weight excluding hydrogens is 192 g/mol. The molecule has 4 nitrogen and oxygen atoms in total. The highest BCUT2D eigenvalue weighted by atomic mass is 16.3. The lowest BCUT2D eigenvalue weighted by Crippen LogP contribution is -2.48. The summed E-state index contributed by atoms with van der Waals surface area (Å²) in [6.07, 6.45) is 0. The van der Waals surface area contributed by atoms with Crippen LogP contribution in [0.25, 0.3) is 0 Å². The summed E-state index contributed by atoms with van der Waals surface area (Å²) in [5.41, 5.74) is 1.76. The summed E-state index contributed by atoms with van der Waals surface area (Å²) >= 11 is 0. The van der Waals surface area contributed by atoms with E-state index in [0.717, 1.165) is 17.8 Å². The minimum atomic E-state index is 0.0375. The molecule has 1 aliphatic rings. The van der Waals surface area contributed by atoms with Gasteiger partial charge >= 0.3 is 0 Å². The largest absolute Gasteiger partial charge is 0.392 e. The Kier molecular flexibility index (Phi) is 2.99. The molecule has 80 valence electrons. The number of carbonyl (C=O) groups excluding carboxylic acids is 1. The summed E-state index contributed by atoms with van der Waals surface area (Å²) in [4.78, 5) is 13.3. The molecule has 1 aromatic carbocycles. The van der Waals surface area contributed by atoms with Gasteiger partial charge in [0.05, 0.1) is 13.2 Å². The molecule has 1 aromatic rings. The van der Waals surface area contributed by atoms with Crippen molar-refractivity contribution < 1.29 is 9.90 Å². The topological polar surface area (TPSA) is 52.6 Å². The minimum Gasteiger partial charge on any atom is -0.392 e. The summed E-state index contributed by atoms with van der Waals surface area (Å²) in [5.74, 6) is 0.0954. The highest BCUT2D eigenvalue weighted by Crippen LogP contribution is 2.16. The zero-order chi connectivity index (χ0) is 10.7. The lowest BCUT2D eigenvalue weighted by Gasteiger charge is -2.27. The molecule has 0 atom stereocenters. The molecular formula is C11H14N2O2. The molecule has 4 heteroatoms. The van der Waals surface area contributed by atoms with E-state index in [2.05, 4.69) is 5.32 Å². The van der Waals surface area contributed by atoms with Crippen LogP contribution in [0.2, 0.25) is 0 Å². The zero-order valence-corrected chi connectivity index (χ0v) is 8.44. The number of anilines is 1. The number of rotatable bonds is 2. The van der Waals surface area contributed by atoms with Crippen molar-refractivity contribution in [2.24, 2.45) is 0 Å². The van der Waals surface area contributed by atoms with Crippen molar-refractivity contribution in [3.05, 3.63) is 29.8 Å². The summed E-state index contributed by atoms with van der Waals surface area (Å²) in [6.45, 7) is 1.97. The molecule has 0 spiro atoms. The Hall–Kier alpha value is -1.39. The quantitative estimate of drug-likeness (QED) is 0.722. The first-order chi connectivity index (χ1) is 7.31. The second-order valence-electron chi connectivity index (χ2n) is 3.55. The van der Waals surface area contributed by atoms with Gasteiger partial charge in [0.25, 0.3) is 0 Å². The molecule has 1 aliphatic heterocycles. The number of aliphatic hydroxyl groups excluding tert-OH is 1. The van der Waals surface area contributed by atoms with Crippen molar-refractivity contribution in [2.45, 2.75) is 6.61 Å². The molecule has 1 heterocycles. The van der Waals surface area contributed by atoms with E-state index in [9.17, 15) is 4.79 Å². The average Bonchev–Trinajstić information content (AvgIpc) is 2.30. The maximum atomic E-state index is 11.6. The molecule has 0 unspecified atom stereocenters. The van der Waals surface area contributed by atoms with E-state index < -0.39 is 0 Å². The van der Waals surface area contributed by atoms with E-state index in [0.29, 0.717) is 13.1 Å². The molecule has 0 saturated carbocycles. The molecule has 1 saturated heterocycles. The van der Waals surface area contributed by atoms with Gasteiger partial charge < -0.3 is 15.3 Å². The van der Waals surface area contributed by atoms with Crippen LogP contribution in [0.3, 0.4) is 0 Å². The van der Waals surface area contributed by atoms with Gasteiger partial charge in [0, 0.05) is 18.8 Å². The van der Waals surface area contributed by atoms with E-state index >= 15 is 0 Å². The minimum absolute atomic E-state index is 0.0375. The maximum absolute atomic E-state index is 11.6. The van der Waals surface area contributed by atoms with Gasteiger partial charge in [-0.15, -0.1) is 0 Å². The highest BCUT2D eigenvalue weighted by Gasteiger charge is 2.18. The van der Waals surface area contributed by atoms with Gasteiger partial charge in [0.2, 0.25) is 5.91 Å². The fourth-order valence-corrected chi connectivity index (χ4v) is 1.66. The van der Waals surface area contributed by atoms with Gasteiger partial charge in [0.1, 0.15) is 0 Å². The van der Waals surface area contributed by atoms with E-state index in [1.165, 1.54) is 0 Å². The van der Waals surface area contributed by atoms with Crippen LogP contribution in [-0.2, 0) is 11.4 Å². The third-order valence-electron chi connectivity index (χ3n) is 2.52. The number of piperazine rings is 1. The van der Waals surface area contributed by atoms with Crippen molar-refractivity contribution >= 4 is 11.6 Å². The number of benzene rings is 1. The summed E-state index contributed by atoms with van der Waals surface area (Å²) < 4.78 is 0. The van der Waals surface area contributed by atoms with Crippen LogP contribution in [0.4, 0.5) is 5.69 Å². The van der Waals surface area contributed by atoms with Crippen LogP contribution in [0.15, 0.2) is 24.3 Å². The van der Waals surface area contributed by atoms with Gasteiger partial charge in [-0.3, -0.25) is 4.79 Å². The molecule has 1 amide bonds. The molecule has 2 N–H and O–H groups in total. The molecule has 15 heavy (non-hydrogen) atoms. The number of hydrogen-bond donors (Lipinski definition) is 2. The first-order valence-corrected chi connectivity index (χ1v) is 5.02. The number of carbonyl (C=O) groups is 1. The van der Waals surface area contributed by atoms with Crippen LogP contribution >= 0.6 is 0 Å². The van der Waals surface area contributed by atoms with E-state index in [-0.39, 0.29) is 12.5 Å². The fraction of sp³-hybridized carbons (Fsp3) is 0.364. The monoisotopic (exact) mass is 206 g/mol. The predicted molar refractivity (Wildman–Crippen MR) is 57.6 cm³/mol. The number of amides is 1. The molecule has 1 fully saturated rings.